The van der Waals surface area contributed by atoms with E-state index in [0.29, 0.717) is 5.41 Å². The molecule has 3 aliphatic rings. The van der Waals surface area contributed by atoms with Crippen LogP contribution in [0, 0.1) is 28.6 Å². The molecule has 2 unspecified atom stereocenters. The summed E-state index contributed by atoms with van der Waals surface area (Å²) in [6, 6.07) is 0. The Bertz CT molecular complexity index is 296. The third kappa shape index (κ3) is 1.19. The summed E-state index contributed by atoms with van der Waals surface area (Å²) in [5.74, 6) is 3.05. The van der Waals surface area contributed by atoms with Gasteiger partial charge < -0.3 is 0 Å². The monoisotopic (exact) mass is 238 g/mol. The van der Waals surface area contributed by atoms with Crippen molar-refractivity contribution in [1.82, 2.24) is 0 Å². The second kappa shape index (κ2) is 3.43. The first-order valence-electron chi connectivity index (χ1n) is 7.05. The fraction of sp³-hybridized carbons (Fsp3) is 1.00. The highest BCUT2D eigenvalue weighted by Crippen LogP contribution is 2.72. The summed E-state index contributed by atoms with van der Waals surface area (Å²) in [6.07, 6.45) is 9.94. The van der Waals surface area contributed by atoms with Gasteiger partial charge in [-0.2, -0.15) is 11.8 Å². The van der Waals surface area contributed by atoms with E-state index in [4.69, 9.17) is 0 Å². The number of rotatable bonds is 1. The van der Waals surface area contributed by atoms with Gasteiger partial charge in [-0.1, -0.05) is 20.8 Å². The maximum Gasteiger partial charge on any atom is 0.00781 e. The Balaban J connectivity index is 2.00. The van der Waals surface area contributed by atoms with Crippen molar-refractivity contribution in [1.29, 1.82) is 0 Å². The average Bonchev–Trinajstić information content (AvgIpc) is 2.65. The van der Waals surface area contributed by atoms with Crippen molar-refractivity contribution in [2.45, 2.75) is 58.1 Å². The van der Waals surface area contributed by atoms with Crippen LogP contribution in [0.3, 0.4) is 0 Å². The van der Waals surface area contributed by atoms with Crippen LogP contribution in [0.5, 0.6) is 0 Å². The van der Waals surface area contributed by atoms with E-state index < -0.39 is 0 Å². The first-order valence-corrected chi connectivity index (χ1v) is 8.34. The number of hydrogen-bond donors (Lipinski definition) is 0. The van der Waals surface area contributed by atoms with Crippen LogP contribution in [0.25, 0.3) is 0 Å². The van der Waals surface area contributed by atoms with Crippen LogP contribution in [0.15, 0.2) is 0 Å². The van der Waals surface area contributed by atoms with E-state index >= 15 is 0 Å². The van der Waals surface area contributed by atoms with E-state index in [9.17, 15) is 0 Å². The minimum Gasteiger partial charge on any atom is -0.162 e. The van der Waals surface area contributed by atoms with E-state index in [-0.39, 0.29) is 0 Å². The third-order valence-electron chi connectivity index (χ3n) is 6.66. The van der Waals surface area contributed by atoms with Gasteiger partial charge in [-0.25, -0.2) is 0 Å². The number of fused-ring (bicyclic) bond motifs is 1. The molecule has 16 heavy (non-hydrogen) atoms. The minimum absolute atomic E-state index is 0.620. The highest BCUT2D eigenvalue weighted by molar-refractivity contribution is 7.99. The van der Waals surface area contributed by atoms with Gasteiger partial charge in [-0.05, 0) is 66.9 Å². The molecule has 0 heterocycles. The molecule has 1 spiro atoms. The SMILES string of the molecule is CSC1CC[C@@]23CC1C(C)(C)[C@@H]2CC[C@H]3C. The second-order valence-corrected chi connectivity index (χ2v) is 8.29. The fourth-order valence-corrected chi connectivity index (χ4v) is 6.88. The van der Waals surface area contributed by atoms with Crippen molar-refractivity contribution in [2.75, 3.05) is 6.26 Å². The molecule has 0 saturated heterocycles. The zero-order chi connectivity index (χ0) is 11.6. The van der Waals surface area contributed by atoms with Crippen molar-refractivity contribution < 1.29 is 0 Å². The van der Waals surface area contributed by atoms with Gasteiger partial charge in [0.2, 0.25) is 0 Å². The summed E-state index contributed by atoms with van der Waals surface area (Å²) in [6.45, 7) is 7.70. The summed E-state index contributed by atoms with van der Waals surface area (Å²) >= 11 is 2.14. The molecule has 3 rings (SSSR count). The number of thioether (sulfide) groups is 1. The summed E-state index contributed by atoms with van der Waals surface area (Å²) in [5.41, 5.74) is 1.38. The van der Waals surface area contributed by atoms with Crippen LogP contribution >= 0.6 is 11.8 Å². The Morgan fingerprint density at radius 2 is 1.88 bits per heavy atom. The molecule has 0 aromatic carbocycles. The van der Waals surface area contributed by atoms with E-state index in [1.165, 1.54) is 25.7 Å². The first kappa shape index (κ1) is 11.4. The standard InChI is InChI=1S/C15H26S/c1-10-5-6-13-14(2,3)11-9-15(10,13)8-7-12(11)16-4/h10-13H,5-9H2,1-4H3/t10-,11?,12?,13+,15+/m1/s1. The van der Waals surface area contributed by atoms with Gasteiger partial charge in [-0.3, -0.25) is 0 Å². The molecular formula is C15H26S. The quantitative estimate of drug-likeness (QED) is 0.644. The van der Waals surface area contributed by atoms with Crippen LogP contribution < -0.4 is 0 Å². The Morgan fingerprint density at radius 3 is 2.56 bits per heavy atom. The zero-order valence-electron chi connectivity index (χ0n) is 11.3. The maximum absolute atomic E-state index is 2.58. The van der Waals surface area contributed by atoms with Gasteiger partial charge in [0.25, 0.3) is 0 Å². The van der Waals surface area contributed by atoms with Crippen molar-refractivity contribution >= 4 is 11.8 Å². The highest BCUT2D eigenvalue weighted by atomic mass is 32.2. The van der Waals surface area contributed by atoms with Crippen LogP contribution in [-0.2, 0) is 0 Å². The summed E-state index contributed by atoms with van der Waals surface area (Å²) in [5, 5.41) is 0.957. The third-order valence-corrected chi connectivity index (χ3v) is 7.83. The van der Waals surface area contributed by atoms with Crippen molar-refractivity contribution in [2.24, 2.45) is 28.6 Å². The van der Waals surface area contributed by atoms with Crippen LogP contribution in [0.1, 0.15) is 52.9 Å². The van der Waals surface area contributed by atoms with Gasteiger partial charge in [0, 0.05) is 5.25 Å². The average molecular weight is 238 g/mol. The molecule has 0 radical (unpaired) electrons. The molecule has 0 amide bonds. The normalized spacial score (nSPS) is 54.0. The zero-order valence-corrected chi connectivity index (χ0v) is 12.1. The van der Waals surface area contributed by atoms with Gasteiger partial charge in [0.1, 0.15) is 0 Å². The molecule has 1 heteroatoms. The molecular weight excluding hydrogens is 212 g/mol. The Labute approximate surface area is 105 Å². The molecule has 0 aromatic rings. The molecule has 0 aromatic heterocycles. The largest absolute Gasteiger partial charge is 0.162 e. The molecule has 3 fully saturated rings. The lowest BCUT2D eigenvalue weighted by atomic mass is 9.67. The van der Waals surface area contributed by atoms with Gasteiger partial charge >= 0.3 is 0 Å². The van der Waals surface area contributed by atoms with E-state index in [1.54, 1.807) is 6.42 Å². The molecule has 0 aliphatic heterocycles. The van der Waals surface area contributed by atoms with Crippen molar-refractivity contribution in [3.8, 4) is 0 Å². The Hall–Kier alpha value is 0.350. The molecule has 92 valence electrons. The molecule has 0 N–H and O–H groups in total. The van der Waals surface area contributed by atoms with E-state index in [1.807, 2.05) is 0 Å². The predicted octanol–water partition coefficient (Wildman–Crippen LogP) is 4.59. The first-order chi connectivity index (χ1) is 7.52. The van der Waals surface area contributed by atoms with E-state index in [2.05, 4.69) is 38.8 Å². The van der Waals surface area contributed by atoms with Crippen LogP contribution in [0.4, 0.5) is 0 Å². The highest BCUT2D eigenvalue weighted by Gasteiger charge is 2.64. The maximum atomic E-state index is 2.58. The lowest BCUT2D eigenvalue weighted by Crippen LogP contribution is -2.32. The van der Waals surface area contributed by atoms with Gasteiger partial charge in [0.05, 0.1) is 0 Å². The smallest absolute Gasteiger partial charge is 0.00781 e. The van der Waals surface area contributed by atoms with Crippen molar-refractivity contribution in [3.63, 3.8) is 0 Å². The Morgan fingerprint density at radius 1 is 1.12 bits per heavy atom. The van der Waals surface area contributed by atoms with E-state index in [0.717, 1.165) is 28.4 Å². The topological polar surface area (TPSA) is 0 Å². The van der Waals surface area contributed by atoms with Gasteiger partial charge in [0.15, 0.2) is 0 Å². The lowest BCUT2D eigenvalue weighted by molar-refractivity contribution is 0.116. The fourth-order valence-electron chi connectivity index (χ4n) is 5.75. The summed E-state index contributed by atoms with van der Waals surface area (Å²) in [4.78, 5) is 0. The molecule has 0 nitrogen and oxygen atoms in total. The summed E-state index contributed by atoms with van der Waals surface area (Å²) < 4.78 is 0. The molecule has 3 aliphatic carbocycles. The second-order valence-electron chi connectivity index (χ2n) is 7.21. The predicted molar refractivity (Wildman–Crippen MR) is 72.7 cm³/mol. The number of hydrogen-bond acceptors (Lipinski definition) is 1. The van der Waals surface area contributed by atoms with Crippen LogP contribution in [0.2, 0.25) is 0 Å². The Kier molecular flexibility index (Phi) is 2.45. The molecule has 3 saturated carbocycles. The molecule has 5 atom stereocenters. The lowest BCUT2D eigenvalue weighted by Gasteiger charge is -2.40. The van der Waals surface area contributed by atoms with Gasteiger partial charge in [-0.15, -0.1) is 0 Å². The summed E-state index contributed by atoms with van der Waals surface area (Å²) in [7, 11) is 0. The van der Waals surface area contributed by atoms with Crippen molar-refractivity contribution in [3.05, 3.63) is 0 Å². The van der Waals surface area contributed by atoms with Crippen LogP contribution in [-0.4, -0.2) is 11.5 Å². The molecule has 2 bridgehead atoms. The minimum atomic E-state index is 0.620.